The van der Waals surface area contributed by atoms with Crippen molar-refractivity contribution in [1.29, 1.82) is 0 Å². The molecular weight excluding hydrogens is 214 g/mol. The van der Waals surface area contributed by atoms with Crippen LogP contribution in [0.25, 0.3) is 0 Å². The lowest BCUT2D eigenvalue weighted by Crippen LogP contribution is -2.01. The highest BCUT2D eigenvalue weighted by Gasteiger charge is 1.98. The molecule has 3 nitrogen and oxygen atoms in total. The molecule has 3 heteroatoms. The summed E-state index contributed by atoms with van der Waals surface area (Å²) in [4.78, 5) is 0. The van der Waals surface area contributed by atoms with Crippen LogP contribution in [0.2, 0.25) is 0 Å². The topological polar surface area (TPSA) is 44.5 Å². The van der Waals surface area contributed by atoms with Crippen LogP contribution in [0, 0.1) is 11.8 Å². The van der Waals surface area contributed by atoms with Crippen molar-refractivity contribution in [3.63, 3.8) is 0 Å². The fourth-order valence-corrected chi connectivity index (χ4v) is 1.40. The molecule has 0 amide bonds. The maximum absolute atomic E-state index is 5.56. The van der Waals surface area contributed by atoms with Crippen LogP contribution in [0.5, 0.6) is 0 Å². The third kappa shape index (κ3) is 5.50. The first kappa shape index (κ1) is 13.7. The Labute approximate surface area is 103 Å². The molecule has 0 aliphatic carbocycles. The predicted molar refractivity (Wildman–Crippen MR) is 68.5 cm³/mol. The van der Waals surface area contributed by atoms with Crippen LogP contribution in [0.1, 0.15) is 17.5 Å². The van der Waals surface area contributed by atoms with Crippen molar-refractivity contribution in [2.75, 3.05) is 26.9 Å². The van der Waals surface area contributed by atoms with Crippen molar-refractivity contribution in [2.24, 2.45) is 5.73 Å². The van der Waals surface area contributed by atoms with Crippen LogP contribution in [0.4, 0.5) is 0 Å². The van der Waals surface area contributed by atoms with Crippen molar-refractivity contribution in [3.8, 4) is 11.8 Å². The smallest absolute Gasteiger partial charge is 0.0728 e. The van der Waals surface area contributed by atoms with Crippen LogP contribution < -0.4 is 5.73 Å². The first-order valence-corrected chi connectivity index (χ1v) is 5.72. The monoisotopic (exact) mass is 233 g/mol. The van der Waals surface area contributed by atoms with E-state index in [2.05, 4.69) is 11.8 Å². The molecule has 2 N–H and O–H groups in total. The molecule has 0 bridgehead atoms. The number of hydrogen-bond donors (Lipinski definition) is 1. The quantitative estimate of drug-likeness (QED) is 0.599. The van der Waals surface area contributed by atoms with E-state index in [0.717, 1.165) is 24.2 Å². The Hall–Kier alpha value is -1.34. The number of nitrogens with two attached hydrogens (primary N) is 1. The molecule has 0 saturated carbocycles. The van der Waals surface area contributed by atoms with Gasteiger partial charge in [-0.2, -0.15) is 0 Å². The molecule has 0 radical (unpaired) electrons. The summed E-state index contributed by atoms with van der Waals surface area (Å²) in [5.74, 6) is 5.90. The second-order valence-electron chi connectivity index (χ2n) is 3.56. The van der Waals surface area contributed by atoms with Crippen LogP contribution in [-0.4, -0.2) is 26.9 Å². The Morgan fingerprint density at radius 2 is 2.06 bits per heavy atom. The highest BCUT2D eigenvalue weighted by Crippen LogP contribution is 2.08. The number of ether oxygens (including phenoxy) is 2. The van der Waals surface area contributed by atoms with Gasteiger partial charge in [-0.05, 0) is 18.1 Å². The molecule has 0 atom stereocenters. The Morgan fingerprint density at radius 3 is 2.82 bits per heavy atom. The Bertz CT molecular complexity index is 379. The van der Waals surface area contributed by atoms with Crippen LogP contribution in [-0.2, 0) is 16.1 Å². The van der Waals surface area contributed by atoms with Crippen molar-refractivity contribution in [2.45, 2.75) is 13.0 Å². The second-order valence-corrected chi connectivity index (χ2v) is 3.56. The molecule has 0 saturated heterocycles. The summed E-state index contributed by atoms with van der Waals surface area (Å²) in [6.45, 7) is 2.39. The summed E-state index contributed by atoms with van der Waals surface area (Å²) in [6.07, 6.45) is 0.910. The lowest BCUT2D eigenvalue weighted by molar-refractivity contribution is 0.0927. The molecular formula is C14H19NO2. The minimum atomic E-state index is 0.378. The summed E-state index contributed by atoms with van der Waals surface area (Å²) >= 11 is 0. The van der Waals surface area contributed by atoms with Gasteiger partial charge < -0.3 is 15.2 Å². The molecule has 0 aliphatic rings. The number of methoxy groups -OCH3 is 1. The molecule has 0 spiro atoms. The fraction of sp³-hybridized carbons (Fsp3) is 0.429. The van der Waals surface area contributed by atoms with Crippen molar-refractivity contribution >= 4 is 0 Å². The maximum atomic E-state index is 5.56. The van der Waals surface area contributed by atoms with Gasteiger partial charge in [0.25, 0.3) is 0 Å². The molecule has 1 aromatic carbocycles. The number of hydrogen-bond acceptors (Lipinski definition) is 3. The molecule has 0 heterocycles. The van der Waals surface area contributed by atoms with Gasteiger partial charge in [-0.3, -0.25) is 0 Å². The van der Waals surface area contributed by atoms with E-state index in [1.165, 1.54) is 0 Å². The third-order valence-corrected chi connectivity index (χ3v) is 2.24. The van der Waals surface area contributed by atoms with Crippen molar-refractivity contribution in [3.05, 3.63) is 35.4 Å². The summed E-state index contributed by atoms with van der Waals surface area (Å²) < 4.78 is 10.5. The fourth-order valence-electron chi connectivity index (χ4n) is 1.40. The molecule has 1 aromatic rings. The van der Waals surface area contributed by atoms with Gasteiger partial charge in [-0.25, -0.2) is 0 Å². The van der Waals surface area contributed by atoms with Gasteiger partial charge in [0, 0.05) is 25.9 Å². The van der Waals surface area contributed by atoms with Crippen molar-refractivity contribution in [1.82, 2.24) is 0 Å². The first-order chi connectivity index (χ1) is 8.38. The minimum Gasteiger partial charge on any atom is -0.385 e. The van der Waals surface area contributed by atoms with E-state index in [-0.39, 0.29) is 0 Å². The Morgan fingerprint density at radius 1 is 1.24 bits per heavy atom. The average Bonchev–Trinajstić information content (AvgIpc) is 2.37. The van der Waals surface area contributed by atoms with Gasteiger partial charge in [0.05, 0.1) is 13.2 Å². The lowest BCUT2D eigenvalue weighted by Gasteiger charge is -2.06. The van der Waals surface area contributed by atoms with Gasteiger partial charge in [-0.1, -0.05) is 30.0 Å². The van der Waals surface area contributed by atoms with E-state index in [0.29, 0.717) is 19.8 Å². The van der Waals surface area contributed by atoms with Gasteiger partial charge in [0.2, 0.25) is 0 Å². The first-order valence-electron chi connectivity index (χ1n) is 5.72. The molecule has 0 aromatic heterocycles. The zero-order valence-electron chi connectivity index (χ0n) is 10.2. The van der Waals surface area contributed by atoms with Crippen molar-refractivity contribution < 1.29 is 9.47 Å². The SMILES string of the molecule is COCCCOCc1ccccc1C#CCN. The lowest BCUT2D eigenvalue weighted by atomic mass is 10.1. The van der Waals surface area contributed by atoms with Gasteiger partial charge in [-0.15, -0.1) is 0 Å². The summed E-state index contributed by atoms with van der Waals surface area (Å²) in [6, 6.07) is 7.96. The number of benzene rings is 1. The molecule has 1 rings (SSSR count). The summed E-state index contributed by atoms with van der Waals surface area (Å²) in [7, 11) is 1.69. The number of rotatable bonds is 6. The second kappa shape index (κ2) is 8.77. The Balaban J connectivity index is 2.46. The normalized spacial score (nSPS) is 9.76. The van der Waals surface area contributed by atoms with Crippen LogP contribution in [0.3, 0.4) is 0 Å². The summed E-state index contributed by atoms with van der Waals surface area (Å²) in [5.41, 5.74) is 7.46. The zero-order chi connectivity index (χ0) is 12.3. The molecule has 0 unspecified atom stereocenters. The van der Waals surface area contributed by atoms with E-state index < -0.39 is 0 Å². The largest absolute Gasteiger partial charge is 0.385 e. The standard InChI is InChI=1S/C14H19NO2/c1-16-10-5-11-17-12-14-7-3-2-6-13(14)8-4-9-15/h2-3,6-7H,5,9-12,15H2,1H3. The highest BCUT2D eigenvalue weighted by molar-refractivity contribution is 5.41. The predicted octanol–water partition coefficient (Wildman–Crippen LogP) is 1.55. The van der Waals surface area contributed by atoms with Crippen LogP contribution in [0.15, 0.2) is 24.3 Å². The van der Waals surface area contributed by atoms with Gasteiger partial charge in [0.1, 0.15) is 0 Å². The van der Waals surface area contributed by atoms with E-state index in [1.807, 2.05) is 24.3 Å². The van der Waals surface area contributed by atoms with Gasteiger partial charge >= 0.3 is 0 Å². The highest BCUT2D eigenvalue weighted by atomic mass is 16.5. The van der Waals surface area contributed by atoms with E-state index in [1.54, 1.807) is 7.11 Å². The zero-order valence-corrected chi connectivity index (χ0v) is 10.2. The molecule has 92 valence electrons. The third-order valence-electron chi connectivity index (χ3n) is 2.24. The molecule has 0 aliphatic heterocycles. The van der Waals surface area contributed by atoms with Crippen LogP contribution >= 0.6 is 0 Å². The molecule has 17 heavy (non-hydrogen) atoms. The summed E-state index contributed by atoms with van der Waals surface area (Å²) in [5, 5.41) is 0. The van der Waals surface area contributed by atoms with E-state index >= 15 is 0 Å². The Kier molecular flexibility index (Phi) is 7.08. The van der Waals surface area contributed by atoms with Gasteiger partial charge in [0.15, 0.2) is 0 Å². The minimum absolute atomic E-state index is 0.378. The maximum Gasteiger partial charge on any atom is 0.0728 e. The molecule has 0 fully saturated rings. The van der Waals surface area contributed by atoms with E-state index in [4.69, 9.17) is 15.2 Å². The van der Waals surface area contributed by atoms with E-state index in [9.17, 15) is 0 Å². The average molecular weight is 233 g/mol.